The molecule has 1 rings (SSSR count). The van der Waals surface area contributed by atoms with E-state index < -0.39 is 5.97 Å². The summed E-state index contributed by atoms with van der Waals surface area (Å²) in [6, 6.07) is 6.96. The van der Waals surface area contributed by atoms with Crippen molar-refractivity contribution in [3.8, 4) is 5.75 Å². The number of likely N-dealkylation sites (N-methyl/N-ethyl adjacent to an activating group) is 1. The Morgan fingerprint density at radius 3 is 2.26 bits per heavy atom. The first-order valence-electron chi connectivity index (χ1n) is 6.44. The first-order chi connectivity index (χ1) is 8.71. The van der Waals surface area contributed by atoms with Crippen LogP contribution in [0.25, 0.3) is 0 Å². The molecule has 0 radical (unpaired) electrons. The third-order valence-electron chi connectivity index (χ3n) is 3.01. The van der Waals surface area contributed by atoms with Gasteiger partial charge in [-0.15, -0.1) is 0 Å². The van der Waals surface area contributed by atoms with Crippen molar-refractivity contribution >= 4 is 5.97 Å². The van der Waals surface area contributed by atoms with Gasteiger partial charge in [-0.1, -0.05) is 0 Å². The Labute approximate surface area is 115 Å². The average molecular weight is 265 g/mol. The number of rotatable bonds is 6. The van der Waals surface area contributed by atoms with Gasteiger partial charge in [0.05, 0.1) is 5.56 Å². The molecular weight excluding hydrogens is 242 g/mol. The van der Waals surface area contributed by atoms with Crippen LogP contribution in [0.5, 0.6) is 5.75 Å². The third-order valence-corrected chi connectivity index (χ3v) is 3.01. The molecule has 0 fully saturated rings. The summed E-state index contributed by atoms with van der Waals surface area (Å²) in [7, 11) is 2.06. The van der Waals surface area contributed by atoms with E-state index in [0.717, 1.165) is 6.54 Å². The molecule has 4 heteroatoms. The molecule has 0 aliphatic carbocycles. The fourth-order valence-electron chi connectivity index (χ4n) is 1.80. The molecule has 0 unspecified atom stereocenters. The van der Waals surface area contributed by atoms with Crippen molar-refractivity contribution in [2.45, 2.75) is 39.3 Å². The van der Waals surface area contributed by atoms with Gasteiger partial charge in [0.25, 0.3) is 0 Å². The Morgan fingerprint density at radius 2 is 1.84 bits per heavy atom. The van der Waals surface area contributed by atoms with Crippen LogP contribution in [0.15, 0.2) is 24.3 Å². The van der Waals surface area contributed by atoms with Gasteiger partial charge in [-0.25, -0.2) is 4.79 Å². The molecule has 0 spiro atoms. The maximum absolute atomic E-state index is 10.8. The number of carbonyl (C=O) groups is 1. The standard InChI is InChI=1S/C15H23NO3/c1-11(2)16(5)10-15(3,4)19-13-8-6-12(7-9-13)14(17)18/h6-9,11H,10H2,1-5H3,(H,17,18). The number of carboxylic acids is 1. The minimum absolute atomic E-state index is 0.268. The van der Waals surface area contributed by atoms with E-state index in [4.69, 9.17) is 9.84 Å². The first-order valence-corrected chi connectivity index (χ1v) is 6.44. The second kappa shape index (κ2) is 6.06. The van der Waals surface area contributed by atoms with Crippen molar-refractivity contribution in [1.82, 2.24) is 4.90 Å². The van der Waals surface area contributed by atoms with E-state index in [0.29, 0.717) is 11.8 Å². The van der Waals surface area contributed by atoms with Gasteiger partial charge in [0, 0.05) is 12.6 Å². The predicted molar refractivity (Wildman–Crippen MR) is 75.9 cm³/mol. The zero-order valence-electron chi connectivity index (χ0n) is 12.3. The van der Waals surface area contributed by atoms with Gasteiger partial charge < -0.3 is 14.7 Å². The summed E-state index contributed by atoms with van der Waals surface area (Å²) in [5.41, 5.74) is -0.0616. The zero-order chi connectivity index (χ0) is 14.6. The number of benzene rings is 1. The number of carboxylic acid groups (broad SMARTS) is 1. The van der Waals surface area contributed by atoms with Gasteiger partial charge in [0.2, 0.25) is 0 Å². The van der Waals surface area contributed by atoms with Gasteiger partial charge in [-0.2, -0.15) is 0 Å². The molecule has 0 amide bonds. The fraction of sp³-hybridized carbons (Fsp3) is 0.533. The highest BCUT2D eigenvalue weighted by Crippen LogP contribution is 2.20. The third kappa shape index (κ3) is 4.91. The molecule has 4 nitrogen and oxygen atoms in total. The Bertz CT molecular complexity index is 424. The predicted octanol–water partition coefficient (Wildman–Crippen LogP) is 2.88. The monoisotopic (exact) mass is 265 g/mol. The van der Waals surface area contributed by atoms with Crippen LogP contribution < -0.4 is 4.74 Å². The summed E-state index contributed by atoms with van der Waals surface area (Å²) < 4.78 is 5.92. The molecule has 0 aliphatic rings. The minimum atomic E-state index is -0.926. The van der Waals surface area contributed by atoms with Crippen molar-refractivity contribution in [3.63, 3.8) is 0 Å². The molecule has 0 saturated carbocycles. The summed E-state index contributed by atoms with van der Waals surface area (Å²) in [4.78, 5) is 13.0. The SMILES string of the molecule is CC(C)N(C)CC(C)(C)Oc1ccc(C(=O)O)cc1. The van der Waals surface area contributed by atoms with Gasteiger partial charge in [0.15, 0.2) is 0 Å². The van der Waals surface area contributed by atoms with E-state index in [1.54, 1.807) is 24.3 Å². The minimum Gasteiger partial charge on any atom is -0.487 e. The lowest BCUT2D eigenvalue weighted by molar-refractivity contribution is 0.0589. The topological polar surface area (TPSA) is 49.8 Å². The number of ether oxygens (including phenoxy) is 1. The van der Waals surface area contributed by atoms with Crippen molar-refractivity contribution in [3.05, 3.63) is 29.8 Å². The smallest absolute Gasteiger partial charge is 0.335 e. The van der Waals surface area contributed by atoms with E-state index in [9.17, 15) is 4.79 Å². The molecule has 0 saturated heterocycles. The lowest BCUT2D eigenvalue weighted by atomic mass is 10.1. The van der Waals surface area contributed by atoms with E-state index in [1.165, 1.54) is 0 Å². The fourth-order valence-corrected chi connectivity index (χ4v) is 1.80. The van der Waals surface area contributed by atoms with Crippen LogP contribution in [0, 0.1) is 0 Å². The van der Waals surface area contributed by atoms with Crippen LogP contribution in [-0.4, -0.2) is 41.2 Å². The summed E-state index contributed by atoms with van der Waals surface area (Å²) in [5, 5.41) is 8.84. The summed E-state index contributed by atoms with van der Waals surface area (Å²) in [6.45, 7) is 9.12. The Kier molecular flexibility index (Phi) is 4.95. The lowest BCUT2D eigenvalue weighted by Crippen LogP contribution is -2.43. The second-order valence-electron chi connectivity index (χ2n) is 5.70. The highest BCUT2D eigenvalue weighted by Gasteiger charge is 2.23. The van der Waals surface area contributed by atoms with Crippen LogP contribution in [0.2, 0.25) is 0 Å². The molecule has 19 heavy (non-hydrogen) atoms. The molecule has 0 atom stereocenters. The van der Waals surface area contributed by atoms with Crippen molar-refractivity contribution in [2.75, 3.05) is 13.6 Å². The molecule has 1 aromatic rings. The summed E-state index contributed by atoms with van der Waals surface area (Å²) in [6.07, 6.45) is 0. The summed E-state index contributed by atoms with van der Waals surface area (Å²) in [5.74, 6) is -0.238. The quantitative estimate of drug-likeness (QED) is 0.859. The van der Waals surface area contributed by atoms with Crippen LogP contribution in [-0.2, 0) is 0 Å². The first kappa shape index (κ1) is 15.5. The number of aromatic carboxylic acids is 1. The summed E-state index contributed by atoms with van der Waals surface area (Å²) >= 11 is 0. The van der Waals surface area contributed by atoms with Crippen LogP contribution in [0.3, 0.4) is 0 Å². The lowest BCUT2D eigenvalue weighted by Gasteiger charge is -2.33. The van der Waals surface area contributed by atoms with Gasteiger partial charge in [0.1, 0.15) is 11.4 Å². The number of hydrogen-bond donors (Lipinski definition) is 1. The Balaban J connectivity index is 2.69. The van der Waals surface area contributed by atoms with Crippen LogP contribution in [0.1, 0.15) is 38.1 Å². The number of nitrogens with zero attached hydrogens (tertiary/aromatic N) is 1. The van der Waals surface area contributed by atoms with Gasteiger partial charge in [-0.3, -0.25) is 0 Å². The molecule has 1 N–H and O–H groups in total. The average Bonchev–Trinajstić information content (AvgIpc) is 2.28. The van der Waals surface area contributed by atoms with E-state index in [-0.39, 0.29) is 11.2 Å². The van der Waals surface area contributed by atoms with Crippen molar-refractivity contribution < 1.29 is 14.6 Å². The molecule has 0 aromatic heterocycles. The highest BCUT2D eigenvalue weighted by atomic mass is 16.5. The maximum Gasteiger partial charge on any atom is 0.335 e. The second-order valence-corrected chi connectivity index (χ2v) is 5.70. The number of hydrogen-bond acceptors (Lipinski definition) is 3. The van der Waals surface area contributed by atoms with Crippen molar-refractivity contribution in [2.24, 2.45) is 0 Å². The van der Waals surface area contributed by atoms with E-state index >= 15 is 0 Å². The normalized spacial score (nSPS) is 11.9. The van der Waals surface area contributed by atoms with Gasteiger partial charge in [-0.05, 0) is 59.0 Å². The van der Waals surface area contributed by atoms with Crippen molar-refractivity contribution in [1.29, 1.82) is 0 Å². The van der Waals surface area contributed by atoms with Crippen LogP contribution >= 0.6 is 0 Å². The van der Waals surface area contributed by atoms with Gasteiger partial charge >= 0.3 is 5.97 Å². The zero-order valence-corrected chi connectivity index (χ0v) is 12.3. The highest BCUT2D eigenvalue weighted by molar-refractivity contribution is 5.87. The van der Waals surface area contributed by atoms with E-state index in [2.05, 4.69) is 25.8 Å². The molecular formula is C15H23NO3. The molecule has 0 bridgehead atoms. The maximum atomic E-state index is 10.8. The molecule has 106 valence electrons. The van der Waals surface area contributed by atoms with Crippen LogP contribution in [0.4, 0.5) is 0 Å². The molecule has 0 heterocycles. The largest absolute Gasteiger partial charge is 0.487 e. The molecule has 0 aliphatic heterocycles. The Hall–Kier alpha value is -1.55. The Morgan fingerprint density at radius 1 is 1.32 bits per heavy atom. The molecule has 1 aromatic carbocycles. The van der Waals surface area contributed by atoms with E-state index in [1.807, 2.05) is 13.8 Å².